The van der Waals surface area contributed by atoms with Crippen molar-refractivity contribution in [3.05, 3.63) is 41.5 Å². The topological polar surface area (TPSA) is 57.2 Å². The molecule has 0 saturated carbocycles. The van der Waals surface area contributed by atoms with E-state index in [4.69, 9.17) is 0 Å². The third kappa shape index (κ3) is 9.10. The summed E-state index contributed by atoms with van der Waals surface area (Å²) < 4.78 is 35.1. The Labute approximate surface area is 220 Å². The van der Waals surface area contributed by atoms with Gasteiger partial charge in [-0.05, 0) is 59.7 Å². The van der Waals surface area contributed by atoms with Gasteiger partial charge in [-0.3, -0.25) is 0 Å². The molecule has 0 spiro atoms. The van der Waals surface area contributed by atoms with Crippen molar-refractivity contribution in [2.45, 2.75) is 95.8 Å². The number of benzene rings is 2. The van der Waals surface area contributed by atoms with Crippen molar-refractivity contribution in [1.82, 2.24) is 0 Å². The predicted octanol–water partition coefficient (Wildman–Crippen LogP) is 3.77. The Bertz CT molecular complexity index is 847. The fourth-order valence-corrected chi connectivity index (χ4v) is 4.60. The molecule has 2 aromatic carbocycles. The van der Waals surface area contributed by atoms with Crippen molar-refractivity contribution >= 4 is 20.9 Å². The van der Waals surface area contributed by atoms with E-state index in [1.807, 2.05) is 12.1 Å². The van der Waals surface area contributed by atoms with Crippen LogP contribution in [-0.4, -0.2) is 13.0 Å². The normalized spacial score (nSPS) is 11.6. The molecule has 3 nitrogen and oxygen atoms in total. The maximum absolute atomic E-state index is 11.7. The Morgan fingerprint density at radius 2 is 1.28 bits per heavy atom. The second-order valence-electron chi connectivity index (χ2n) is 7.88. The first-order valence-electron chi connectivity index (χ1n) is 11.0. The minimum absolute atomic E-state index is 0. The second-order valence-corrected chi connectivity index (χ2v) is 9.23. The molecule has 0 saturated heterocycles. The van der Waals surface area contributed by atoms with E-state index >= 15 is 0 Å². The van der Waals surface area contributed by atoms with Crippen molar-refractivity contribution in [1.29, 1.82) is 0 Å². The molecule has 2 aromatic rings. The van der Waals surface area contributed by atoms with Crippen molar-refractivity contribution in [2.75, 3.05) is 0 Å². The number of hydrogen-bond acceptors (Lipinski definition) is 3. The van der Waals surface area contributed by atoms with Crippen LogP contribution in [0.5, 0.6) is 0 Å². The Hall–Kier alpha value is 0.246. The smallest absolute Gasteiger partial charge is 0.744 e. The van der Waals surface area contributed by atoms with E-state index in [0.29, 0.717) is 5.39 Å². The molecule has 0 radical (unpaired) electrons. The van der Waals surface area contributed by atoms with Gasteiger partial charge in [0.15, 0.2) is 0 Å². The van der Waals surface area contributed by atoms with Crippen LogP contribution < -0.4 is 51.4 Å². The van der Waals surface area contributed by atoms with Gasteiger partial charge in [-0.15, -0.1) is 0 Å². The van der Waals surface area contributed by atoms with Gasteiger partial charge in [0.1, 0.15) is 10.1 Å². The zero-order valence-corrected chi connectivity index (χ0v) is 22.4. The van der Waals surface area contributed by atoms with E-state index in [2.05, 4.69) is 19.9 Å². The molecule has 0 N–H and O–H groups in total. The molecule has 0 bridgehead atoms. The van der Waals surface area contributed by atoms with E-state index in [1.54, 1.807) is 6.07 Å². The van der Waals surface area contributed by atoms with Gasteiger partial charge in [0.05, 0.1) is 4.90 Å². The molecule has 156 valence electrons. The molecule has 0 aromatic heterocycles. The summed E-state index contributed by atoms with van der Waals surface area (Å²) in [5.74, 6) is 0. The molecule has 0 aliphatic heterocycles. The van der Waals surface area contributed by atoms with Crippen LogP contribution >= 0.6 is 0 Å². The molecule has 0 fully saturated rings. The standard InChI is InChI=1S/C24H36O3S.K/c1-3-5-7-9-11-14-20-18-22-16-13-17-24(28(25,26)27)23(22)19-21(20)15-12-10-8-6-4-2;/h13,16-19H,3-12,14-15H2,1-2H3,(H,25,26,27);/q;+1/p-1. The Morgan fingerprint density at radius 1 is 0.759 bits per heavy atom. The maximum Gasteiger partial charge on any atom is 1.00 e. The minimum Gasteiger partial charge on any atom is -0.744 e. The summed E-state index contributed by atoms with van der Waals surface area (Å²) in [4.78, 5) is -0.0910. The van der Waals surface area contributed by atoms with Crippen LogP contribution in [0.2, 0.25) is 0 Å². The van der Waals surface area contributed by atoms with Gasteiger partial charge in [-0.2, -0.15) is 0 Å². The summed E-state index contributed by atoms with van der Waals surface area (Å²) in [6.07, 6.45) is 14.2. The summed E-state index contributed by atoms with van der Waals surface area (Å²) in [5, 5.41) is 1.44. The largest absolute Gasteiger partial charge is 1.00 e. The van der Waals surface area contributed by atoms with E-state index in [1.165, 1.54) is 68.6 Å². The summed E-state index contributed by atoms with van der Waals surface area (Å²) in [7, 11) is -4.47. The molecule has 2 rings (SSSR count). The van der Waals surface area contributed by atoms with Gasteiger partial charge >= 0.3 is 51.4 Å². The first-order valence-corrected chi connectivity index (χ1v) is 12.4. The maximum atomic E-state index is 11.7. The second kappa shape index (κ2) is 14.3. The van der Waals surface area contributed by atoms with Crippen LogP contribution in [0.25, 0.3) is 10.8 Å². The molecular weight excluding hydrogens is 407 g/mol. The van der Waals surface area contributed by atoms with Crippen LogP contribution in [0.4, 0.5) is 0 Å². The fourth-order valence-electron chi connectivity index (χ4n) is 3.91. The number of aryl methyl sites for hydroxylation is 2. The average Bonchev–Trinajstić information content (AvgIpc) is 2.66. The first kappa shape index (κ1) is 27.3. The van der Waals surface area contributed by atoms with Crippen molar-refractivity contribution in [3.63, 3.8) is 0 Å². The van der Waals surface area contributed by atoms with E-state index < -0.39 is 10.1 Å². The van der Waals surface area contributed by atoms with Gasteiger partial charge < -0.3 is 4.55 Å². The van der Waals surface area contributed by atoms with Crippen LogP contribution in [0.1, 0.15) is 89.2 Å². The Kier molecular flexibility index (Phi) is 13.5. The summed E-state index contributed by atoms with van der Waals surface area (Å²) in [6, 6.07) is 9.10. The summed E-state index contributed by atoms with van der Waals surface area (Å²) >= 11 is 0. The van der Waals surface area contributed by atoms with Crippen molar-refractivity contribution < 1.29 is 64.4 Å². The zero-order chi connectivity index (χ0) is 20.4. The number of rotatable bonds is 13. The Morgan fingerprint density at radius 3 is 1.79 bits per heavy atom. The van der Waals surface area contributed by atoms with E-state index in [0.717, 1.165) is 31.1 Å². The number of fused-ring (bicyclic) bond motifs is 1. The third-order valence-corrected chi connectivity index (χ3v) is 6.42. The van der Waals surface area contributed by atoms with E-state index in [-0.39, 0.29) is 56.3 Å². The quantitative estimate of drug-likeness (QED) is 0.269. The van der Waals surface area contributed by atoms with Crippen LogP contribution in [0, 0.1) is 0 Å². The number of unbranched alkanes of at least 4 members (excludes halogenated alkanes) is 8. The van der Waals surface area contributed by atoms with Gasteiger partial charge in [0.25, 0.3) is 0 Å². The molecule has 0 unspecified atom stereocenters. The predicted molar refractivity (Wildman–Crippen MR) is 117 cm³/mol. The van der Waals surface area contributed by atoms with Gasteiger partial charge in [-0.25, -0.2) is 8.42 Å². The third-order valence-electron chi connectivity index (χ3n) is 5.53. The molecule has 0 aliphatic rings. The monoisotopic (exact) mass is 442 g/mol. The van der Waals surface area contributed by atoms with Crippen LogP contribution in [0.15, 0.2) is 35.2 Å². The van der Waals surface area contributed by atoms with Gasteiger partial charge in [-0.1, -0.05) is 83.4 Å². The SMILES string of the molecule is CCCCCCCc1cc2cccc(S(=O)(=O)[O-])c2cc1CCCCCCC.[K+]. The van der Waals surface area contributed by atoms with Gasteiger partial charge in [0.2, 0.25) is 0 Å². The fraction of sp³-hybridized carbons (Fsp3) is 0.583. The number of hydrogen-bond donors (Lipinski definition) is 0. The molecular formula is C24H35KO3S. The molecule has 5 heteroatoms. The average molecular weight is 443 g/mol. The van der Waals surface area contributed by atoms with Crippen molar-refractivity contribution in [2.24, 2.45) is 0 Å². The molecule has 29 heavy (non-hydrogen) atoms. The molecule has 0 atom stereocenters. The summed E-state index contributed by atoms with van der Waals surface area (Å²) in [6.45, 7) is 4.44. The van der Waals surface area contributed by atoms with Crippen LogP contribution in [0.3, 0.4) is 0 Å². The van der Waals surface area contributed by atoms with Gasteiger partial charge in [0, 0.05) is 0 Å². The molecule has 0 heterocycles. The Balaban J connectivity index is 0.00000420. The van der Waals surface area contributed by atoms with Crippen LogP contribution in [-0.2, 0) is 23.0 Å². The molecule has 0 amide bonds. The summed E-state index contributed by atoms with van der Waals surface area (Å²) in [5.41, 5.74) is 2.54. The zero-order valence-electron chi connectivity index (χ0n) is 18.5. The minimum atomic E-state index is -4.47. The van der Waals surface area contributed by atoms with Crippen molar-refractivity contribution in [3.8, 4) is 0 Å². The molecule has 0 aliphatic carbocycles. The van der Waals surface area contributed by atoms with E-state index in [9.17, 15) is 13.0 Å². The first-order chi connectivity index (χ1) is 13.5.